The molecule has 4 aliphatic rings. The molecule has 4 aliphatic heterocycles. The van der Waals surface area contributed by atoms with Gasteiger partial charge >= 0.3 is 6.18 Å². The highest BCUT2D eigenvalue weighted by Crippen LogP contribution is 2.36. The highest BCUT2D eigenvalue weighted by molar-refractivity contribution is 6.24. The normalized spacial score (nSPS) is 17.8. The van der Waals surface area contributed by atoms with Gasteiger partial charge in [0.1, 0.15) is 11.8 Å². The van der Waals surface area contributed by atoms with E-state index in [0.717, 1.165) is 67.1 Å². The van der Waals surface area contributed by atoms with Crippen molar-refractivity contribution in [2.75, 3.05) is 95.9 Å². The fourth-order valence-corrected chi connectivity index (χ4v) is 9.38. The van der Waals surface area contributed by atoms with E-state index < -0.39 is 71.0 Å². The van der Waals surface area contributed by atoms with Gasteiger partial charge in [-0.25, -0.2) is 0 Å². The lowest BCUT2D eigenvalue weighted by atomic mass is 10.0. The summed E-state index contributed by atoms with van der Waals surface area (Å²) in [5.74, 6) is -4.14. The minimum Gasteiger partial charge on any atom is -0.483 e. The molecule has 5 N–H and O–H groups in total. The molecule has 1 atom stereocenters. The third kappa shape index (κ3) is 12.8. The van der Waals surface area contributed by atoms with Crippen molar-refractivity contribution in [3.8, 4) is 16.9 Å². The van der Waals surface area contributed by atoms with E-state index in [2.05, 4.69) is 51.9 Å². The number of hydrogen-bond acceptors (Lipinski definition) is 13. The first-order valence-electron chi connectivity index (χ1n) is 24.3. The Morgan fingerprint density at radius 3 is 2.26 bits per heavy atom. The minimum absolute atomic E-state index is 0.0105. The number of H-pyrrole nitrogens is 1. The number of nitrogens with one attached hydrogen (secondary N) is 5. The molecular weight excluding hydrogens is 954 g/mol. The number of unbranched alkanes of at least 4 members (excludes halogenated alkanes) is 1. The van der Waals surface area contributed by atoms with Gasteiger partial charge in [-0.3, -0.25) is 58.4 Å². The van der Waals surface area contributed by atoms with E-state index in [4.69, 9.17) is 4.74 Å². The predicted molar refractivity (Wildman–Crippen MR) is 262 cm³/mol. The maximum absolute atomic E-state index is 13.9. The molecule has 3 fully saturated rings. The van der Waals surface area contributed by atoms with Crippen LogP contribution in [0.5, 0.6) is 5.75 Å². The number of nitrogens with zero attached hydrogens (tertiary/aromatic N) is 5. The van der Waals surface area contributed by atoms with Gasteiger partial charge in [0, 0.05) is 104 Å². The Kier molecular flexibility index (Phi) is 16.3. The van der Waals surface area contributed by atoms with E-state index in [1.807, 2.05) is 37.4 Å². The van der Waals surface area contributed by atoms with E-state index >= 15 is 0 Å². The van der Waals surface area contributed by atoms with Crippen molar-refractivity contribution in [3.63, 3.8) is 0 Å². The SMILES string of the molecule is CN1CCN(c2ccc(-c3cccc(CN4CCN(CCNC(=O)CCCCNC(=O)COc5cccc6c5C(=O)N(C5CCC(=O)NC5=O)C6=O)CC4)c3)cc2NC(=O)c2c[nH]c(=O)cc2C(F)(F)F)CC1. The van der Waals surface area contributed by atoms with Gasteiger partial charge in [-0.05, 0) is 73.3 Å². The Balaban J connectivity index is 0.745. The number of carbonyl (C=O) groups is 7. The first-order chi connectivity index (χ1) is 35.0. The van der Waals surface area contributed by atoms with Crippen LogP contribution in [-0.4, -0.2) is 158 Å². The van der Waals surface area contributed by atoms with Gasteiger partial charge in [-0.15, -0.1) is 0 Å². The molecule has 0 aliphatic carbocycles. The molecule has 1 unspecified atom stereocenters. The van der Waals surface area contributed by atoms with Gasteiger partial charge in [0.2, 0.25) is 23.3 Å². The van der Waals surface area contributed by atoms with Crippen molar-refractivity contribution < 1.29 is 51.5 Å². The number of aromatic nitrogens is 1. The first kappa shape index (κ1) is 51.9. The number of halogens is 3. The van der Waals surface area contributed by atoms with Crippen LogP contribution < -0.4 is 36.5 Å². The lowest BCUT2D eigenvalue weighted by Gasteiger charge is -2.35. The van der Waals surface area contributed by atoms with Gasteiger partial charge in [-0.1, -0.05) is 30.3 Å². The minimum atomic E-state index is -4.91. The second-order valence-corrected chi connectivity index (χ2v) is 18.5. The van der Waals surface area contributed by atoms with E-state index in [1.165, 1.54) is 18.2 Å². The third-order valence-corrected chi connectivity index (χ3v) is 13.4. The zero-order chi connectivity index (χ0) is 51.8. The Morgan fingerprint density at radius 1 is 0.781 bits per heavy atom. The summed E-state index contributed by atoms with van der Waals surface area (Å²) in [4.78, 5) is 113. The van der Waals surface area contributed by atoms with Gasteiger partial charge in [0.05, 0.1) is 33.6 Å². The van der Waals surface area contributed by atoms with Crippen LogP contribution in [0.4, 0.5) is 24.5 Å². The van der Waals surface area contributed by atoms with Crippen molar-refractivity contribution in [3.05, 3.63) is 111 Å². The number of piperazine rings is 2. The van der Waals surface area contributed by atoms with Crippen molar-refractivity contribution in [2.24, 2.45) is 0 Å². The van der Waals surface area contributed by atoms with Crippen LogP contribution in [0, 0.1) is 0 Å². The van der Waals surface area contributed by atoms with Crippen LogP contribution in [0.15, 0.2) is 77.7 Å². The smallest absolute Gasteiger partial charge is 0.417 e. The number of pyridine rings is 1. The largest absolute Gasteiger partial charge is 0.483 e. The number of likely N-dealkylation sites (N-methyl/N-ethyl adjacent to an activating group) is 1. The summed E-state index contributed by atoms with van der Waals surface area (Å²) in [7, 11) is 2.01. The lowest BCUT2D eigenvalue weighted by molar-refractivity contribution is -0.138. The number of ether oxygens (including phenoxy) is 1. The van der Waals surface area contributed by atoms with Gasteiger partial charge < -0.3 is 35.5 Å². The number of carbonyl (C=O) groups excluding carboxylic acids is 7. The molecule has 19 nitrogen and oxygen atoms in total. The quantitative estimate of drug-likeness (QED) is 0.0715. The topological polar surface area (TPSA) is 226 Å². The summed E-state index contributed by atoms with van der Waals surface area (Å²) in [6.45, 7) is 7.81. The third-order valence-electron chi connectivity index (χ3n) is 13.4. The van der Waals surface area contributed by atoms with Crippen LogP contribution in [-0.2, 0) is 31.9 Å². The Bertz CT molecular complexity index is 2820. The second kappa shape index (κ2) is 23.0. The van der Waals surface area contributed by atoms with Gasteiger partial charge in [0.25, 0.3) is 23.6 Å². The second-order valence-electron chi connectivity index (χ2n) is 18.5. The Hall–Kier alpha value is -7.43. The van der Waals surface area contributed by atoms with Crippen LogP contribution in [0.3, 0.4) is 0 Å². The van der Waals surface area contributed by atoms with E-state index in [-0.39, 0.29) is 42.0 Å². The average Bonchev–Trinajstić information content (AvgIpc) is 3.62. The molecule has 1 aromatic heterocycles. The summed E-state index contributed by atoms with van der Waals surface area (Å²) in [5, 5.41) is 10.6. The van der Waals surface area contributed by atoms with Crippen LogP contribution in [0.2, 0.25) is 0 Å². The highest BCUT2D eigenvalue weighted by atomic mass is 19.4. The molecule has 0 spiro atoms. The Labute approximate surface area is 418 Å². The summed E-state index contributed by atoms with van der Waals surface area (Å²) in [6, 6.07) is 17.3. The zero-order valence-electron chi connectivity index (χ0n) is 40.3. The van der Waals surface area contributed by atoms with Crippen molar-refractivity contribution in [2.45, 2.75) is 50.9 Å². The highest BCUT2D eigenvalue weighted by Gasteiger charge is 2.46. The van der Waals surface area contributed by atoms with Crippen molar-refractivity contribution in [1.29, 1.82) is 0 Å². The maximum Gasteiger partial charge on any atom is 0.417 e. The molecule has 7 amide bonds. The van der Waals surface area contributed by atoms with Gasteiger partial charge in [-0.2, -0.15) is 13.2 Å². The van der Waals surface area contributed by atoms with Crippen LogP contribution in [0.25, 0.3) is 11.1 Å². The number of rotatable bonds is 18. The number of benzene rings is 3. The fraction of sp³-hybridized carbons (Fsp3) is 0.412. The number of fused-ring (bicyclic) bond motifs is 1. The number of aromatic amines is 1. The van der Waals surface area contributed by atoms with E-state index in [0.29, 0.717) is 69.6 Å². The molecule has 0 saturated carbocycles. The number of alkyl halides is 3. The summed E-state index contributed by atoms with van der Waals surface area (Å²) >= 11 is 0. The molecule has 5 heterocycles. The molecule has 4 aromatic rings. The number of anilines is 2. The molecular formula is C51H57F3N10O9. The zero-order valence-corrected chi connectivity index (χ0v) is 40.3. The Morgan fingerprint density at radius 2 is 1.51 bits per heavy atom. The molecule has 22 heteroatoms. The predicted octanol–water partition coefficient (Wildman–Crippen LogP) is 3.07. The van der Waals surface area contributed by atoms with Crippen molar-refractivity contribution >= 4 is 52.7 Å². The van der Waals surface area contributed by atoms with Crippen molar-refractivity contribution in [1.82, 2.24) is 40.5 Å². The average molecular weight is 1010 g/mol. The van der Waals surface area contributed by atoms with Crippen LogP contribution >= 0.6 is 0 Å². The maximum atomic E-state index is 13.9. The fourth-order valence-electron chi connectivity index (χ4n) is 9.38. The molecule has 386 valence electrons. The number of amides is 7. The molecule has 3 saturated heterocycles. The van der Waals surface area contributed by atoms with E-state index in [1.54, 1.807) is 6.07 Å². The van der Waals surface area contributed by atoms with Crippen LogP contribution in [0.1, 0.15) is 74.3 Å². The number of piperidine rings is 1. The first-order valence-corrected chi connectivity index (χ1v) is 24.3. The summed E-state index contributed by atoms with van der Waals surface area (Å²) < 4.78 is 47.4. The molecule has 73 heavy (non-hydrogen) atoms. The molecule has 0 bridgehead atoms. The lowest BCUT2D eigenvalue weighted by Crippen LogP contribution is -2.54. The summed E-state index contributed by atoms with van der Waals surface area (Å²) in [5.41, 5.74) is 0.772. The standard InChI is InChI=1S/C51H57F3N10O9/c1-60-18-24-63(25-19-60)39-12-11-34(27-38(39)58-47(69)36-29-57-44(67)28-37(36)51(52,53)54)33-7-4-6-32(26-33)30-62-22-20-61(21-23-62)17-16-56-42(65)10-2-3-15-55-45(68)31-73-41-9-5-8-35-46(41)50(72)64(49(35)71)40-13-14-43(66)59-48(40)70/h4-9,11-12,26-29,40H,2-3,10,13-25,30-31H2,1H3,(H,55,68)(H,56,65)(H,57,67)(H,58,69)(H,59,66,70). The molecule has 8 rings (SSSR count). The number of hydrogen-bond donors (Lipinski definition) is 5. The molecule has 0 radical (unpaired) electrons. The number of imide groups is 2. The summed E-state index contributed by atoms with van der Waals surface area (Å²) in [6.07, 6.45) is -2.76. The van der Waals surface area contributed by atoms with E-state index in [9.17, 15) is 51.5 Å². The monoisotopic (exact) mass is 1010 g/mol. The molecule has 3 aromatic carbocycles. The van der Waals surface area contributed by atoms with Gasteiger partial charge in [0.15, 0.2) is 6.61 Å².